The van der Waals surface area contributed by atoms with Crippen LogP contribution in [0.15, 0.2) is 29.0 Å². The summed E-state index contributed by atoms with van der Waals surface area (Å²) in [5.41, 5.74) is 3.44. The van der Waals surface area contributed by atoms with Crippen molar-refractivity contribution in [3.05, 3.63) is 34.6 Å². The van der Waals surface area contributed by atoms with Gasteiger partial charge in [-0.2, -0.15) is 5.10 Å². The molecule has 0 aromatic carbocycles. The van der Waals surface area contributed by atoms with Gasteiger partial charge in [-0.25, -0.2) is 14.6 Å². The summed E-state index contributed by atoms with van der Waals surface area (Å²) in [5, 5.41) is 5.54. The Kier molecular flexibility index (Phi) is 7.53. The molecule has 10 heteroatoms. The van der Waals surface area contributed by atoms with Crippen molar-refractivity contribution in [2.75, 3.05) is 44.2 Å². The summed E-state index contributed by atoms with van der Waals surface area (Å²) in [7, 11) is 0. The Labute approximate surface area is 228 Å². The number of esters is 1. The third-order valence-electron chi connectivity index (χ3n) is 7.90. The number of halogens is 2. The van der Waals surface area contributed by atoms with E-state index < -0.39 is 4.87 Å². The lowest BCUT2D eigenvalue weighted by molar-refractivity contribution is -0.145. The molecule has 8 nitrogen and oxygen atoms in total. The minimum atomic E-state index is -0.461. The molecule has 4 heterocycles. The first kappa shape index (κ1) is 26.4. The smallest absolute Gasteiger partial charge is 0.320 e. The largest absolute Gasteiger partial charge is 0.465 e. The van der Waals surface area contributed by atoms with Gasteiger partial charge in [0.25, 0.3) is 0 Å². The van der Waals surface area contributed by atoms with Crippen LogP contribution in [0.25, 0.3) is 11.2 Å². The van der Waals surface area contributed by atoms with Crippen LogP contribution in [0, 0.1) is 18.8 Å². The number of carbonyl (C=O) groups excluding carboxylic acids is 1. The van der Waals surface area contributed by atoms with E-state index in [2.05, 4.69) is 16.7 Å². The van der Waals surface area contributed by atoms with E-state index in [0.29, 0.717) is 31.4 Å². The average Bonchev–Trinajstić information content (AvgIpc) is 3.13. The number of likely N-dealkylation sites (tertiary alicyclic amines) is 1. The maximum absolute atomic E-state index is 11.9. The second-order valence-electron chi connectivity index (χ2n) is 10.9. The molecule has 5 rings (SSSR count). The summed E-state index contributed by atoms with van der Waals surface area (Å²) in [6.07, 6.45) is 8.80. The summed E-state index contributed by atoms with van der Waals surface area (Å²) in [5.74, 6) is 1.93. The summed E-state index contributed by atoms with van der Waals surface area (Å²) in [6, 6.07) is -0.0889. The van der Waals surface area contributed by atoms with Crippen LogP contribution < -0.4 is 4.90 Å². The predicted molar refractivity (Wildman–Crippen MR) is 147 cm³/mol. The van der Waals surface area contributed by atoms with Crippen molar-refractivity contribution in [3.63, 3.8) is 0 Å². The van der Waals surface area contributed by atoms with E-state index in [1.807, 2.05) is 43.8 Å². The number of aromatic nitrogens is 4. The zero-order valence-electron chi connectivity index (χ0n) is 22.1. The second kappa shape index (κ2) is 10.5. The first-order valence-electron chi connectivity index (χ1n) is 13.3. The monoisotopic (exact) mass is 546 g/mol. The van der Waals surface area contributed by atoms with Gasteiger partial charge in [-0.1, -0.05) is 23.8 Å². The molecule has 0 saturated carbocycles. The first-order chi connectivity index (χ1) is 17.6. The number of aryl methyl sites for hydroxylation is 1. The molecule has 1 aliphatic carbocycles. The number of rotatable bonds is 7. The third-order valence-corrected chi connectivity index (χ3v) is 8.51. The van der Waals surface area contributed by atoms with Crippen molar-refractivity contribution in [1.82, 2.24) is 24.6 Å². The Bertz CT molecular complexity index is 1230. The van der Waals surface area contributed by atoms with Crippen molar-refractivity contribution in [1.29, 1.82) is 0 Å². The lowest BCUT2D eigenvalue weighted by Gasteiger charge is -2.46. The molecule has 0 bridgehead atoms. The number of piperidine rings is 1. The van der Waals surface area contributed by atoms with Gasteiger partial charge in [0.05, 0.1) is 36.0 Å². The molecule has 2 aliphatic heterocycles. The molecule has 2 aromatic heterocycles. The molecule has 0 radical (unpaired) electrons. The fraction of sp³-hybridized carbons (Fsp3) is 0.630. The fourth-order valence-corrected chi connectivity index (χ4v) is 6.55. The highest BCUT2D eigenvalue weighted by Gasteiger charge is 2.37. The number of ether oxygens (including phenoxy) is 1. The van der Waals surface area contributed by atoms with Crippen molar-refractivity contribution in [2.24, 2.45) is 11.8 Å². The van der Waals surface area contributed by atoms with E-state index in [4.69, 9.17) is 43.0 Å². The minimum Gasteiger partial charge on any atom is -0.465 e. The molecule has 37 heavy (non-hydrogen) atoms. The number of alkyl halides is 1. The highest BCUT2D eigenvalue weighted by Crippen LogP contribution is 2.39. The maximum Gasteiger partial charge on any atom is 0.320 e. The Balaban J connectivity index is 1.28. The number of anilines is 1. The predicted octanol–water partition coefficient (Wildman–Crippen LogP) is 4.86. The molecule has 2 fully saturated rings. The number of hydrogen-bond acceptors (Lipinski definition) is 7. The number of hydrogen-bond donors (Lipinski definition) is 0. The number of fused-ring (bicyclic) bond motifs is 1. The Morgan fingerprint density at radius 1 is 1.30 bits per heavy atom. The standard InChI is InChI=1S/C27H36Cl2N6O2/c1-5-37-24(36)16-33-10-6-7-19(13-33)20-14-34(15-20)23-12-30-25-17(2)32-35(26(25)31-23)18(3)21-8-9-27(4,29)11-22(21)28/h8-9,12,18-20H,5-7,10-11,13-16H2,1-4H3. The molecule has 2 saturated heterocycles. The van der Waals surface area contributed by atoms with Crippen molar-refractivity contribution in [2.45, 2.75) is 57.9 Å². The second-order valence-corrected chi connectivity index (χ2v) is 12.2. The third kappa shape index (κ3) is 5.52. The van der Waals surface area contributed by atoms with Crippen molar-refractivity contribution >= 4 is 46.2 Å². The fourth-order valence-electron chi connectivity index (χ4n) is 5.79. The highest BCUT2D eigenvalue weighted by atomic mass is 35.5. The molecule has 200 valence electrons. The van der Waals surface area contributed by atoms with Gasteiger partial charge < -0.3 is 9.64 Å². The zero-order valence-corrected chi connectivity index (χ0v) is 23.6. The Hall–Kier alpha value is -2.16. The minimum absolute atomic E-state index is 0.0889. The van der Waals surface area contributed by atoms with Gasteiger partial charge >= 0.3 is 5.97 Å². The molecule has 0 spiro atoms. The van der Waals surface area contributed by atoms with Crippen LogP contribution in [0.3, 0.4) is 0 Å². The van der Waals surface area contributed by atoms with Gasteiger partial charge in [-0.15, -0.1) is 11.6 Å². The van der Waals surface area contributed by atoms with Crippen molar-refractivity contribution < 1.29 is 9.53 Å². The van der Waals surface area contributed by atoms with Crippen molar-refractivity contribution in [3.8, 4) is 0 Å². The van der Waals surface area contributed by atoms with Crippen LogP contribution in [-0.4, -0.2) is 74.8 Å². The maximum atomic E-state index is 11.9. The van der Waals surface area contributed by atoms with E-state index in [9.17, 15) is 4.79 Å². The van der Waals surface area contributed by atoms with Crippen LogP contribution in [0.2, 0.25) is 0 Å². The van der Waals surface area contributed by atoms with Gasteiger partial charge in [0, 0.05) is 31.1 Å². The molecular formula is C27H36Cl2N6O2. The lowest BCUT2D eigenvalue weighted by Crippen LogP contribution is -2.54. The van der Waals surface area contributed by atoms with Gasteiger partial charge in [-0.3, -0.25) is 9.69 Å². The SMILES string of the molecule is CCOC(=O)CN1CCCC(C2CN(c3cnc4c(C)nn(C(C)C5=C(Cl)CC(C)(Cl)C=C5)c4n3)C2)C1. The van der Waals surface area contributed by atoms with Crippen LogP contribution in [0.5, 0.6) is 0 Å². The number of allylic oxidation sites excluding steroid dienone is 4. The molecule has 3 atom stereocenters. The van der Waals surface area contributed by atoms with Gasteiger partial charge in [0.2, 0.25) is 0 Å². The quantitative estimate of drug-likeness (QED) is 0.362. The molecular weight excluding hydrogens is 511 g/mol. The lowest BCUT2D eigenvalue weighted by atomic mass is 9.80. The molecule has 3 unspecified atom stereocenters. The van der Waals surface area contributed by atoms with Crippen LogP contribution in [-0.2, 0) is 9.53 Å². The van der Waals surface area contributed by atoms with Gasteiger partial charge in [-0.05, 0) is 64.5 Å². The Morgan fingerprint density at radius 3 is 2.81 bits per heavy atom. The average molecular weight is 548 g/mol. The normalized spacial score (nSPS) is 26.0. The Morgan fingerprint density at radius 2 is 2.08 bits per heavy atom. The summed E-state index contributed by atoms with van der Waals surface area (Å²) < 4.78 is 7.08. The van der Waals surface area contributed by atoms with E-state index in [1.54, 1.807) is 0 Å². The summed E-state index contributed by atoms with van der Waals surface area (Å²) in [6.45, 7) is 12.5. The first-order valence-corrected chi connectivity index (χ1v) is 14.0. The molecule has 3 aliphatic rings. The zero-order chi connectivity index (χ0) is 26.3. The van der Waals surface area contributed by atoms with Gasteiger partial charge in [0.1, 0.15) is 11.3 Å². The highest BCUT2D eigenvalue weighted by molar-refractivity contribution is 6.32. The van der Waals surface area contributed by atoms with E-state index in [1.165, 1.54) is 6.42 Å². The van der Waals surface area contributed by atoms with E-state index in [0.717, 1.165) is 65.9 Å². The van der Waals surface area contributed by atoms with Gasteiger partial charge in [0.15, 0.2) is 5.65 Å². The number of carbonyl (C=O) groups is 1. The topological polar surface area (TPSA) is 76.4 Å². The molecule has 0 N–H and O–H groups in total. The van der Waals surface area contributed by atoms with Crippen LogP contribution in [0.4, 0.5) is 5.82 Å². The van der Waals surface area contributed by atoms with Crippen LogP contribution in [0.1, 0.15) is 51.8 Å². The van der Waals surface area contributed by atoms with E-state index >= 15 is 0 Å². The van der Waals surface area contributed by atoms with E-state index in [-0.39, 0.29) is 12.0 Å². The number of nitrogens with zero attached hydrogens (tertiary/aromatic N) is 6. The molecule has 0 amide bonds. The summed E-state index contributed by atoms with van der Waals surface area (Å²) >= 11 is 13.1. The molecule has 2 aromatic rings. The van der Waals surface area contributed by atoms with Crippen LogP contribution >= 0.6 is 23.2 Å². The summed E-state index contributed by atoms with van der Waals surface area (Å²) in [4.78, 5) is 25.8.